The van der Waals surface area contributed by atoms with Crippen LogP contribution in [-0.4, -0.2) is 24.1 Å². The molecule has 7 heteroatoms. The van der Waals surface area contributed by atoms with Gasteiger partial charge in [0, 0.05) is 0 Å². The van der Waals surface area contributed by atoms with Crippen LogP contribution in [0.2, 0.25) is 0 Å². The lowest BCUT2D eigenvalue weighted by molar-refractivity contribution is 0.870. The molecule has 0 bridgehead atoms. The summed E-state index contributed by atoms with van der Waals surface area (Å²) in [6, 6.07) is 11.8. The molecule has 7 nitrogen and oxygen atoms in total. The number of nitrogens with one attached hydrogen (secondary N) is 1. The van der Waals surface area contributed by atoms with Gasteiger partial charge in [0.2, 0.25) is 0 Å². The van der Waals surface area contributed by atoms with Crippen molar-refractivity contribution in [2.75, 3.05) is 0 Å². The van der Waals surface area contributed by atoms with E-state index in [0.717, 1.165) is 16.8 Å². The van der Waals surface area contributed by atoms with Gasteiger partial charge in [-0.1, -0.05) is 18.2 Å². The Bertz CT molecular complexity index is 1190. The average Bonchev–Trinajstić information content (AvgIpc) is 2.93. The number of nitrogens with zero attached hydrogens (tertiary/aromatic N) is 6. The highest BCUT2D eigenvalue weighted by molar-refractivity contribution is 5.92. The minimum atomic E-state index is 0.0845. The highest BCUT2D eigenvalue weighted by Gasteiger charge is 2.16. The molecule has 1 N–H and O–H groups in total. The van der Waals surface area contributed by atoms with Crippen molar-refractivity contribution < 1.29 is 0 Å². The van der Waals surface area contributed by atoms with Crippen LogP contribution in [0.25, 0.3) is 22.4 Å². The normalized spacial score (nSPS) is 11.0. The van der Waals surface area contributed by atoms with Crippen molar-refractivity contribution in [3.05, 3.63) is 59.1 Å². The highest BCUT2D eigenvalue weighted by Crippen LogP contribution is 2.23. The van der Waals surface area contributed by atoms with Gasteiger partial charge in [0.1, 0.15) is 18.0 Å². The Morgan fingerprint density at radius 1 is 1.08 bits per heavy atom. The van der Waals surface area contributed by atoms with Crippen molar-refractivity contribution in [2.24, 2.45) is 0 Å². The third-order valence-corrected chi connectivity index (χ3v) is 4.01. The first-order chi connectivity index (χ1) is 11.6. The summed E-state index contributed by atoms with van der Waals surface area (Å²) in [5.41, 5.74) is 3.81. The molecule has 0 aliphatic carbocycles. The molecule has 0 unspecified atom stereocenters. The largest absolute Gasteiger partial charge is 0.283 e. The van der Waals surface area contributed by atoms with Gasteiger partial charge in [0.05, 0.1) is 22.5 Å². The quantitative estimate of drug-likeness (QED) is 0.581. The van der Waals surface area contributed by atoms with E-state index in [9.17, 15) is 5.26 Å². The van der Waals surface area contributed by atoms with Crippen LogP contribution in [0, 0.1) is 30.6 Å². The molecule has 0 amide bonds. The Labute approximate surface area is 137 Å². The molecular formula is C17H13N7. The maximum atomic E-state index is 9.22. The topological polar surface area (TPSA) is 95.7 Å². The smallest absolute Gasteiger partial charge is 0.168 e. The standard InChI is InChI=1S/C17H13N7/c1-10-13(8-18)15(19)23-9-20-16-14(17(23)21-10)11(2)22-24(16)12-6-4-3-5-7-12/h3-7,9,19H,1-2H3. The predicted octanol–water partition coefficient (Wildman–Crippen LogP) is 2.04. The number of hydrogen-bond acceptors (Lipinski definition) is 5. The second kappa shape index (κ2) is 4.99. The molecule has 4 rings (SSSR count). The maximum Gasteiger partial charge on any atom is 0.168 e. The zero-order chi connectivity index (χ0) is 16.8. The number of benzene rings is 1. The minimum Gasteiger partial charge on any atom is -0.283 e. The molecule has 0 fully saturated rings. The molecule has 0 aliphatic heterocycles. The lowest BCUT2D eigenvalue weighted by Crippen LogP contribution is -2.20. The first-order valence-corrected chi connectivity index (χ1v) is 7.39. The summed E-state index contributed by atoms with van der Waals surface area (Å²) in [5, 5.41) is 22.8. The first-order valence-electron chi connectivity index (χ1n) is 7.39. The molecule has 3 aromatic heterocycles. The summed E-state index contributed by atoms with van der Waals surface area (Å²) in [6.07, 6.45) is 1.52. The highest BCUT2D eigenvalue weighted by atomic mass is 15.3. The number of nitriles is 1. The van der Waals surface area contributed by atoms with Crippen molar-refractivity contribution in [3.63, 3.8) is 0 Å². The summed E-state index contributed by atoms with van der Waals surface area (Å²) >= 11 is 0. The number of aryl methyl sites for hydroxylation is 2. The molecule has 116 valence electrons. The molecule has 0 radical (unpaired) electrons. The van der Waals surface area contributed by atoms with Gasteiger partial charge >= 0.3 is 0 Å². The number of fused-ring (bicyclic) bond motifs is 3. The van der Waals surface area contributed by atoms with Gasteiger partial charge in [-0.25, -0.2) is 14.6 Å². The Morgan fingerprint density at radius 3 is 2.54 bits per heavy atom. The molecule has 24 heavy (non-hydrogen) atoms. The molecule has 0 aliphatic rings. The van der Waals surface area contributed by atoms with E-state index < -0.39 is 0 Å². The number of hydrogen-bond donors (Lipinski definition) is 1. The molecule has 3 heterocycles. The van der Waals surface area contributed by atoms with Crippen molar-refractivity contribution in [1.29, 1.82) is 10.7 Å². The van der Waals surface area contributed by atoms with Crippen LogP contribution in [-0.2, 0) is 0 Å². The molecule has 4 aromatic rings. The summed E-state index contributed by atoms with van der Waals surface area (Å²) in [7, 11) is 0. The van der Waals surface area contributed by atoms with E-state index in [1.807, 2.05) is 43.3 Å². The number of rotatable bonds is 1. The van der Waals surface area contributed by atoms with E-state index >= 15 is 0 Å². The van der Waals surface area contributed by atoms with Gasteiger partial charge in [-0.05, 0) is 26.0 Å². The van der Waals surface area contributed by atoms with Crippen LogP contribution in [0.4, 0.5) is 0 Å². The van der Waals surface area contributed by atoms with Gasteiger partial charge in [-0.3, -0.25) is 9.81 Å². The van der Waals surface area contributed by atoms with Crippen molar-refractivity contribution in [2.45, 2.75) is 13.8 Å². The average molecular weight is 315 g/mol. The molecule has 0 saturated carbocycles. The summed E-state index contributed by atoms with van der Waals surface area (Å²) in [5.74, 6) is 0. The fourth-order valence-corrected chi connectivity index (χ4v) is 2.85. The predicted molar refractivity (Wildman–Crippen MR) is 87.7 cm³/mol. The van der Waals surface area contributed by atoms with Crippen molar-refractivity contribution in [1.82, 2.24) is 24.1 Å². The zero-order valence-electron chi connectivity index (χ0n) is 13.1. The van der Waals surface area contributed by atoms with Crippen molar-refractivity contribution >= 4 is 16.7 Å². The van der Waals surface area contributed by atoms with Gasteiger partial charge in [0.15, 0.2) is 16.8 Å². The lowest BCUT2D eigenvalue weighted by Gasteiger charge is -2.06. The van der Waals surface area contributed by atoms with Crippen LogP contribution < -0.4 is 5.49 Å². The summed E-state index contributed by atoms with van der Waals surface area (Å²) < 4.78 is 3.29. The fourth-order valence-electron chi connectivity index (χ4n) is 2.85. The van der Waals surface area contributed by atoms with Gasteiger partial charge < -0.3 is 0 Å². The number of para-hydroxylation sites is 1. The molecule has 0 spiro atoms. The maximum absolute atomic E-state index is 9.22. The Kier molecular flexibility index (Phi) is 2.93. The van der Waals surface area contributed by atoms with Gasteiger partial charge in [-0.2, -0.15) is 10.4 Å². The van der Waals surface area contributed by atoms with Crippen LogP contribution in [0.3, 0.4) is 0 Å². The van der Waals surface area contributed by atoms with E-state index in [2.05, 4.69) is 15.1 Å². The Balaban J connectivity index is 2.17. The van der Waals surface area contributed by atoms with E-state index in [-0.39, 0.29) is 11.1 Å². The number of aromatic nitrogens is 5. The van der Waals surface area contributed by atoms with E-state index in [0.29, 0.717) is 17.0 Å². The van der Waals surface area contributed by atoms with E-state index in [1.165, 1.54) is 10.7 Å². The lowest BCUT2D eigenvalue weighted by atomic mass is 10.2. The Hall–Kier alpha value is -3.53. The van der Waals surface area contributed by atoms with E-state index in [1.54, 1.807) is 11.6 Å². The van der Waals surface area contributed by atoms with Crippen LogP contribution >= 0.6 is 0 Å². The van der Waals surface area contributed by atoms with Crippen LogP contribution in [0.1, 0.15) is 17.0 Å². The molecule has 0 atom stereocenters. The monoisotopic (exact) mass is 315 g/mol. The second-order valence-electron chi connectivity index (χ2n) is 5.50. The summed E-state index contributed by atoms with van der Waals surface area (Å²) in [4.78, 5) is 9.00. The fraction of sp³-hybridized carbons (Fsp3) is 0.118. The van der Waals surface area contributed by atoms with E-state index in [4.69, 9.17) is 5.41 Å². The second-order valence-corrected chi connectivity index (χ2v) is 5.50. The van der Waals surface area contributed by atoms with Gasteiger partial charge in [-0.15, -0.1) is 0 Å². The summed E-state index contributed by atoms with van der Waals surface area (Å²) in [6.45, 7) is 3.63. The third-order valence-electron chi connectivity index (χ3n) is 4.01. The third kappa shape index (κ3) is 1.83. The molecule has 1 aromatic carbocycles. The molecular weight excluding hydrogens is 302 g/mol. The zero-order valence-corrected chi connectivity index (χ0v) is 13.1. The first kappa shape index (κ1) is 14.1. The van der Waals surface area contributed by atoms with Crippen LogP contribution in [0.15, 0.2) is 36.7 Å². The van der Waals surface area contributed by atoms with Crippen molar-refractivity contribution in [3.8, 4) is 11.8 Å². The van der Waals surface area contributed by atoms with Crippen LogP contribution in [0.5, 0.6) is 0 Å². The molecule has 0 saturated heterocycles. The minimum absolute atomic E-state index is 0.0845. The van der Waals surface area contributed by atoms with Gasteiger partial charge in [0.25, 0.3) is 0 Å². The SMILES string of the molecule is Cc1nc2c3c(C)nn(-c4ccccc4)c3ncn2c(=N)c1C#N. The Morgan fingerprint density at radius 2 is 1.83 bits per heavy atom.